The van der Waals surface area contributed by atoms with Gasteiger partial charge in [0.15, 0.2) is 11.5 Å². The molecule has 1 aromatic carbocycles. The lowest BCUT2D eigenvalue weighted by molar-refractivity contribution is -0.385. The lowest BCUT2D eigenvalue weighted by Gasteiger charge is -2.15. The number of phenols is 1. The fourth-order valence-corrected chi connectivity index (χ4v) is 2.30. The van der Waals surface area contributed by atoms with Gasteiger partial charge in [0.05, 0.1) is 24.7 Å². The van der Waals surface area contributed by atoms with Crippen molar-refractivity contribution in [3.8, 4) is 11.5 Å². The molecule has 0 bridgehead atoms. The van der Waals surface area contributed by atoms with E-state index in [1.54, 1.807) is 6.92 Å². The van der Waals surface area contributed by atoms with Crippen LogP contribution in [-0.4, -0.2) is 35.8 Å². The van der Waals surface area contributed by atoms with Crippen molar-refractivity contribution in [2.75, 3.05) is 13.7 Å². The maximum absolute atomic E-state index is 11.5. The van der Waals surface area contributed by atoms with Crippen molar-refractivity contribution < 1.29 is 24.3 Å². The Bertz CT molecular complexity index is 563. The number of nitrogens with zero attached hydrogens (tertiary/aromatic N) is 1. The molecule has 0 spiro atoms. The molecule has 9 heteroatoms. The van der Waals surface area contributed by atoms with Crippen molar-refractivity contribution >= 4 is 27.6 Å². The molecule has 0 aromatic heterocycles. The molecule has 0 aliphatic heterocycles. The van der Waals surface area contributed by atoms with Crippen molar-refractivity contribution in [2.24, 2.45) is 5.73 Å². The van der Waals surface area contributed by atoms with E-state index in [2.05, 4.69) is 15.9 Å². The second-order valence-electron chi connectivity index (χ2n) is 4.06. The molecule has 1 unspecified atom stereocenters. The largest absolute Gasteiger partial charge is 0.504 e. The van der Waals surface area contributed by atoms with Gasteiger partial charge in [-0.05, 0) is 22.9 Å². The van der Waals surface area contributed by atoms with Gasteiger partial charge in [-0.25, -0.2) is 0 Å². The third-order valence-corrected chi connectivity index (χ3v) is 3.59. The van der Waals surface area contributed by atoms with Crippen LogP contribution in [0.2, 0.25) is 0 Å². The van der Waals surface area contributed by atoms with E-state index in [4.69, 9.17) is 15.2 Å². The zero-order valence-corrected chi connectivity index (χ0v) is 13.0. The number of benzene rings is 1. The van der Waals surface area contributed by atoms with E-state index < -0.39 is 16.9 Å². The SMILES string of the molecule is CCOC(=O)C(N)Cc1c(O)c(OC)cc([N+](=O)[O-])c1Br. The smallest absolute Gasteiger partial charge is 0.323 e. The van der Waals surface area contributed by atoms with Crippen LogP contribution in [0.25, 0.3) is 0 Å². The molecule has 0 amide bonds. The number of methoxy groups -OCH3 is 1. The van der Waals surface area contributed by atoms with Gasteiger partial charge in [0, 0.05) is 12.0 Å². The Balaban J connectivity index is 3.24. The van der Waals surface area contributed by atoms with E-state index in [0.29, 0.717) is 0 Å². The maximum Gasteiger partial charge on any atom is 0.323 e. The minimum absolute atomic E-state index is 0.0468. The number of aromatic hydroxyl groups is 1. The Morgan fingerprint density at radius 1 is 1.62 bits per heavy atom. The highest BCUT2D eigenvalue weighted by atomic mass is 79.9. The summed E-state index contributed by atoms with van der Waals surface area (Å²) < 4.78 is 9.70. The molecule has 1 aromatic rings. The molecular weight excluding hydrogens is 348 g/mol. The summed E-state index contributed by atoms with van der Waals surface area (Å²) in [6.07, 6.45) is -0.136. The Morgan fingerprint density at radius 3 is 2.71 bits per heavy atom. The molecule has 0 heterocycles. The minimum Gasteiger partial charge on any atom is -0.504 e. The number of carbonyl (C=O) groups excluding carboxylic acids is 1. The van der Waals surface area contributed by atoms with Gasteiger partial charge >= 0.3 is 5.97 Å². The molecule has 0 aliphatic rings. The number of hydrogen-bond acceptors (Lipinski definition) is 7. The fourth-order valence-electron chi connectivity index (χ4n) is 1.69. The summed E-state index contributed by atoms with van der Waals surface area (Å²) in [5.74, 6) is -1.04. The number of carbonyl (C=O) groups is 1. The highest BCUT2D eigenvalue weighted by Gasteiger charge is 2.27. The summed E-state index contributed by atoms with van der Waals surface area (Å²) in [5, 5.41) is 21.0. The van der Waals surface area contributed by atoms with Crippen LogP contribution in [0.4, 0.5) is 5.69 Å². The number of nitro benzene ring substituents is 1. The van der Waals surface area contributed by atoms with E-state index in [9.17, 15) is 20.0 Å². The summed E-state index contributed by atoms with van der Waals surface area (Å²) in [6, 6.07) is 0.0255. The van der Waals surface area contributed by atoms with Crippen LogP contribution in [0.5, 0.6) is 11.5 Å². The molecule has 8 nitrogen and oxygen atoms in total. The van der Waals surface area contributed by atoms with Gasteiger partial charge < -0.3 is 20.3 Å². The molecule has 3 N–H and O–H groups in total. The molecule has 1 atom stereocenters. The van der Waals surface area contributed by atoms with E-state index in [-0.39, 0.29) is 40.3 Å². The molecule has 0 saturated heterocycles. The molecule has 0 saturated carbocycles. The van der Waals surface area contributed by atoms with E-state index in [1.807, 2.05) is 0 Å². The van der Waals surface area contributed by atoms with Crippen LogP contribution in [0.15, 0.2) is 10.5 Å². The van der Waals surface area contributed by atoms with Crippen molar-refractivity contribution in [1.29, 1.82) is 0 Å². The van der Waals surface area contributed by atoms with Crippen molar-refractivity contribution in [3.05, 3.63) is 26.2 Å². The van der Waals surface area contributed by atoms with Crippen LogP contribution in [-0.2, 0) is 16.0 Å². The van der Waals surface area contributed by atoms with Gasteiger partial charge in [-0.15, -0.1) is 0 Å². The van der Waals surface area contributed by atoms with Gasteiger partial charge in [0.1, 0.15) is 10.5 Å². The number of nitro groups is 1. The summed E-state index contributed by atoms with van der Waals surface area (Å²) in [4.78, 5) is 21.9. The first-order valence-electron chi connectivity index (χ1n) is 5.98. The first-order valence-corrected chi connectivity index (χ1v) is 6.77. The first kappa shape index (κ1) is 17.2. The number of phenolic OH excluding ortho intramolecular Hbond substituents is 1. The van der Waals surface area contributed by atoms with Gasteiger partial charge in [-0.1, -0.05) is 0 Å². The van der Waals surface area contributed by atoms with Crippen LogP contribution in [0.1, 0.15) is 12.5 Å². The van der Waals surface area contributed by atoms with E-state index >= 15 is 0 Å². The number of ether oxygens (including phenoxy) is 2. The van der Waals surface area contributed by atoms with Crippen LogP contribution in [0, 0.1) is 10.1 Å². The summed E-state index contributed by atoms with van der Waals surface area (Å²) in [6.45, 7) is 1.80. The van der Waals surface area contributed by atoms with Gasteiger partial charge in [0.2, 0.25) is 0 Å². The number of rotatable bonds is 6. The molecule has 116 valence electrons. The van der Waals surface area contributed by atoms with Crippen molar-refractivity contribution in [2.45, 2.75) is 19.4 Å². The number of halogens is 1. The predicted octanol–water partition coefficient (Wildman–Crippen LogP) is 1.50. The summed E-state index contributed by atoms with van der Waals surface area (Å²) >= 11 is 3.05. The standard InChI is InChI=1S/C12H15BrN2O6/c1-3-21-12(17)7(14)4-6-10(13)8(15(18)19)5-9(20-2)11(6)16/h5,7,16H,3-4,14H2,1-2H3. The summed E-state index contributed by atoms with van der Waals surface area (Å²) in [7, 11) is 1.27. The molecule has 1 rings (SSSR count). The third-order valence-electron chi connectivity index (χ3n) is 2.71. The Kier molecular flexibility index (Phi) is 5.91. The average molecular weight is 363 g/mol. The number of esters is 1. The lowest BCUT2D eigenvalue weighted by atomic mass is 10.0. The second kappa shape index (κ2) is 7.23. The van der Waals surface area contributed by atoms with Crippen molar-refractivity contribution in [3.63, 3.8) is 0 Å². The third kappa shape index (κ3) is 3.82. The minimum atomic E-state index is -1.06. The van der Waals surface area contributed by atoms with E-state index in [0.717, 1.165) is 6.07 Å². The molecule has 21 heavy (non-hydrogen) atoms. The van der Waals surface area contributed by atoms with E-state index in [1.165, 1.54) is 7.11 Å². The van der Waals surface area contributed by atoms with Gasteiger partial charge in [0.25, 0.3) is 5.69 Å². The Labute approximate surface area is 129 Å². The fraction of sp³-hybridized carbons (Fsp3) is 0.417. The van der Waals surface area contributed by atoms with Crippen molar-refractivity contribution in [1.82, 2.24) is 0 Å². The Morgan fingerprint density at radius 2 is 2.24 bits per heavy atom. The quantitative estimate of drug-likeness (QED) is 0.446. The number of hydrogen-bond donors (Lipinski definition) is 2. The first-order chi connectivity index (χ1) is 9.83. The zero-order valence-electron chi connectivity index (χ0n) is 11.5. The predicted molar refractivity (Wildman–Crippen MR) is 77.3 cm³/mol. The molecule has 0 radical (unpaired) electrons. The molecular formula is C12H15BrN2O6. The van der Waals surface area contributed by atoms with Crippen LogP contribution < -0.4 is 10.5 Å². The lowest BCUT2D eigenvalue weighted by Crippen LogP contribution is -2.34. The second-order valence-corrected chi connectivity index (χ2v) is 4.85. The van der Waals surface area contributed by atoms with Gasteiger partial charge in [-0.2, -0.15) is 0 Å². The van der Waals surface area contributed by atoms with Crippen LogP contribution in [0.3, 0.4) is 0 Å². The van der Waals surface area contributed by atoms with Gasteiger partial charge in [-0.3, -0.25) is 14.9 Å². The molecule has 0 fully saturated rings. The Hall–Kier alpha value is -1.87. The number of nitrogens with two attached hydrogens (primary N) is 1. The highest BCUT2D eigenvalue weighted by Crippen LogP contribution is 2.42. The highest BCUT2D eigenvalue weighted by molar-refractivity contribution is 9.10. The normalized spacial score (nSPS) is 11.8. The topological polar surface area (TPSA) is 125 Å². The molecule has 0 aliphatic carbocycles. The van der Waals surface area contributed by atoms with Crippen LogP contribution >= 0.6 is 15.9 Å². The summed E-state index contributed by atoms with van der Waals surface area (Å²) in [5.41, 5.74) is 5.49. The maximum atomic E-state index is 11.5. The average Bonchev–Trinajstić information content (AvgIpc) is 2.43. The zero-order chi connectivity index (χ0) is 16.2. The monoisotopic (exact) mass is 362 g/mol.